The van der Waals surface area contributed by atoms with Crippen LogP contribution in [0.5, 0.6) is 0 Å². The highest BCUT2D eigenvalue weighted by atomic mass is 16.7. The second-order valence-electron chi connectivity index (χ2n) is 7.99. The number of carbonyl (C=O) groups excluding carboxylic acids is 3. The molecule has 0 aliphatic carbocycles. The molecule has 1 fully saturated rings. The van der Waals surface area contributed by atoms with Gasteiger partial charge in [0.2, 0.25) is 0 Å². The Kier molecular flexibility index (Phi) is 7.92. The molecular formula is C27H22O10. The summed E-state index contributed by atoms with van der Waals surface area (Å²) in [7, 11) is 0. The largest absolute Gasteiger partial charge is 0.479 e. The van der Waals surface area contributed by atoms with E-state index < -0.39 is 54.6 Å². The molecule has 1 aliphatic heterocycles. The second-order valence-corrected chi connectivity index (χ2v) is 7.99. The van der Waals surface area contributed by atoms with Gasteiger partial charge in [-0.15, -0.1) is 0 Å². The number of esters is 3. The molecular weight excluding hydrogens is 484 g/mol. The first-order valence-electron chi connectivity index (χ1n) is 11.2. The molecule has 10 heteroatoms. The number of rotatable bonds is 7. The highest BCUT2D eigenvalue weighted by Crippen LogP contribution is 2.30. The maximum Gasteiger partial charge on any atom is 0.338 e. The molecule has 4 rings (SSSR count). The van der Waals surface area contributed by atoms with E-state index >= 15 is 0 Å². The molecule has 1 saturated heterocycles. The third-order valence-electron chi connectivity index (χ3n) is 5.51. The Morgan fingerprint density at radius 2 is 0.919 bits per heavy atom. The van der Waals surface area contributed by atoms with Crippen molar-refractivity contribution in [2.75, 3.05) is 0 Å². The lowest BCUT2D eigenvalue weighted by Crippen LogP contribution is -2.63. The lowest BCUT2D eigenvalue weighted by Gasteiger charge is -2.41. The highest BCUT2D eigenvalue weighted by molar-refractivity contribution is 5.91. The highest BCUT2D eigenvalue weighted by Gasteiger charge is 2.54. The number of hydrogen-bond donors (Lipinski definition) is 2. The third-order valence-corrected chi connectivity index (χ3v) is 5.51. The maximum atomic E-state index is 12.9. The van der Waals surface area contributed by atoms with Crippen molar-refractivity contribution < 1.29 is 48.3 Å². The van der Waals surface area contributed by atoms with Crippen molar-refractivity contribution in [2.24, 2.45) is 0 Å². The number of carbonyl (C=O) groups is 4. The minimum absolute atomic E-state index is 0.0868. The van der Waals surface area contributed by atoms with E-state index in [1.165, 1.54) is 36.4 Å². The first-order chi connectivity index (χ1) is 17.8. The molecule has 1 heterocycles. The summed E-state index contributed by atoms with van der Waals surface area (Å²) in [5.41, 5.74) is 0.293. The Balaban J connectivity index is 1.69. The quantitative estimate of drug-likeness (QED) is 0.362. The number of aliphatic hydroxyl groups excluding tert-OH is 1. The fourth-order valence-corrected chi connectivity index (χ4v) is 3.71. The Morgan fingerprint density at radius 1 is 0.568 bits per heavy atom. The van der Waals surface area contributed by atoms with Crippen LogP contribution in [0.1, 0.15) is 31.1 Å². The van der Waals surface area contributed by atoms with E-state index in [0.717, 1.165) is 0 Å². The van der Waals surface area contributed by atoms with Gasteiger partial charge in [0.15, 0.2) is 30.7 Å². The van der Waals surface area contributed by atoms with Crippen LogP contribution in [0.15, 0.2) is 91.0 Å². The first-order valence-corrected chi connectivity index (χ1v) is 11.2. The summed E-state index contributed by atoms with van der Waals surface area (Å²) in [5, 5.41) is 20.4. The van der Waals surface area contributed by atoms with Gasteiger partial charge in [0.25, 0.3) is 0 Å². The van der Waals surface area contributed by atoms with Crippen molar-refractivity contribution in [3.63, 3.8) is 0 Å². The molecule has 3 aromatic carbocycles. The Bertz CT molecular complexity index is 1250. The normalized spacial score (nSPS) is 22.9. The van der Waals surface area contributed by atoms with Gasteiger partial charge in [-0.2, -0.15) is 0 Å². The first kappa shape index (κ1) is 25.5. The smallest absolute Gasteiger partial charge is 0.338 e. The average molecular weight is 506 g/mol. The molecule has 5 atom stereocenters. The summed E-state index contributed by atoms with van der Waals surface area (Å²) < 4.78 is 21.6. The van der Waals surface area contributed by atoms with Gasteiger partial charge >= 0.3 is 23.9 Å². The van der Waals surface area contributed by atoms with E-state index in [2.05, 4.69) is 0 Å². The lowest BCUT2D eigenvalue weighted by atomic mass is 9.97. The number of ether oxygens (including phenoxy) is 4. The lowest BCUT2D eigenvalue weighted by molar-refractivity contribution is -0.277. The number of carboxylic acids is 1. The van der Waals surface area contributed by atoms with Gasteiger partial charge in [-0.3, -0.25) is 0 Å². The monoisotopic (exact) mass is 506 g/mol. The standard InChI is InChI=1S/C27H22O10/c28-23(29)21-19(34-24(30)16-10-4-1-5-11-16)20(35-25(31)17-12-6-2-7-13-17)22(27(33)36-21)37-26(32)18-14-8-3-9-15-18/h1-15,19-22,27,33H,(H,28,29)/t19-,20-,21?,22?,27?/m0/s1. The van der Waals surface area contributed by atoms with Crippen LogP contribution in [-0.2, 0) is 23.7 Å². The summed E-state index contributed by atoms with van der Waals surface area (Å²) >= 11 is 0. The number of benzene rings is 3. The second kappa shape index (κ2) is 11.5. The van der Waals surface area contributed by atoms with E-state index in [4.69, 9.17) is 18.9 Å². The minimum atomic E-state index is -2.02. The van der Waals surface area contributed by atoms with E-state index in [1.54, 1.807) is 54.6 Å². The molecule has 0 radical (unpaired) electrons. The van der Waals surface area contributed by atoms with Gasteiger partial charge in [0.05, 0.1) is 16.7 Å². The van der Waals surface area contributed by atoms with Gasteiger partial charge in [-0.05, 0) is 36.4 Å². The third kappa shape index (κ3) is 6.00. The minimum Gasteiger partial charge on any atom is -0.479 e. The number of aliphatic carboxylic acids is 1. The average Bonchev–Trinajstić information content (AvgIpc) is 2.93. The van der Waals surface area contributed by atoms with Crippen LogP contribution in [0.2, 0.25) is 0 Å². The fraction of sp³-hybridized carbons (Fsp3) is 0.185. The van der Waals surface area contributed by atoms with Crippen LogP contribution in [-0.4, -0.2) is 64.8 Å². The molecule has 0 aromatic heterocycles. The molecule has 2 N–H and O–H groups in total. The molecule has 37 heavy (non-hydrogen) atoms. The molecule has 0 spiro atoms. The van der Waals surface area contributed by atoms with Crippen molar-refractivity contribution in [1.82, 2.24) is 0 Å². The predicted molar refractivity (Wildman–Crippen MR) is 125 cm³/mol. The van der Waals surface area contributed by atoms with E-state index in [0.29, 0.717) is 0 Å². The van der Waals surface area contributed by atoms with Gasteiger partial charge in [-0.1, -0.05) is 54.6 Å². The molecule has 1 aliphatic rings. The van der Waals surface area contributed by atoms with Gasteiger partial charge < -0.3 is 29.2 Å². The number of hydrogen-bond acceptors (Lipinski definition) is 9. The SMILES string of the molecule is O=C(OC1C(O)OC(C(=O)O)[C@@H](OC(=O)c2ccccc2)[C@@H]1OC(=O)c1ccccc1)c1ccccc1. The van der Waals surface area contributed by atoms with Gasteiger partial charge in [0.1, 0.15) is 0 Å². The summed E-state index contributed by atoms with van der Waals surface area (Å²) in [4.78, 5) is 50.5. The van der Waals surface area contributed by atoms with Crippen molar-refractivity contribution in [2.45, 2.75) is 30.7 Å². The van der Waals surface area contributed by atoms with E-state index in [1.807, 2.05) is 0 Å². The zero-order valence-electron chi connectivity index (χ0n) is 19.2. The molecule has 10 nitrogen and oxygen atoms in total. The summed E-state index contributed by atoms with van der Waals surface area (Å²) in [5.74, 6) is -4.37. The van der Waals surface area contributed by atoms with Crippen LogP contribution in [0, 0.1) is 0 Å². The van der Waals surface area contributed by atoms with Crippen LogP contribution in [0.25, 0.3) is 0 Å². The summed E-state index contributed by atoms with van der Waals surface area (Å²) in [6.07, 6.45) is -9.21. The summed E-state index contributed by atoms with van der Waals surface area (Å²) in [6, 6.07) is 23.2. The van der Waals surface area contributed by atoms with E-state index in [-0.39, 0.29) is 16.7 Å². The molecule has 190 valence electrons. The topological polar surface area (TPSA) is 146 Å². The van der Waals surface area contributed by atoms with Crippen LogP contribution >= 0.6 is 0 Å². The number of aliphatic hydroxyl groups is 1. The zero-order valence-corrected chi connectivity index (χ0v) is 19.2. The van der Waals surface area contributed by atoms with Gasteiger partial charge in [-0.25, -0.2) is 19.2 Å². The van der Waals surface area contributed by atoms with Crippen molar-refractivity contribution in [3.05, 3.63) is 108 Å². The Labute approximate surface area is 211 Å². The maximum absolute atomic E-state index is 12.9. The van der Waals surface area contributed by atoms with Crippen molar-refractivity contribution >= 4 is 23.9 Å². The van der Waals surface area contributed by atoms with Gasteiger partial charge in [0, 0.05) is 0 Å². The predicted octanol–water partition coefficient (Wildman–Crippen LogP) is 2.46. The molecule has 3 aromatic rings. The fourth-order valence-electron chi connectivity index (χ4n) is 3.71. The molecule has 0 bridgehead atoms. The molecule has 3 unspecified atom stereocenters. The zero-order chi connectivity index (χ0) is 26.4. The Morgan fingerprint density at radius 3 is 1.30 bits per heavy atom. The van der Waals surface area contributed by atoms with Crippen LogP contribution in [0.3, 0.4) is 0 Å². The van der Waals surface area contributed by atoms with Crippen LogP contribution in [0.4, 0.5) is 0 Å². The van der Waals surface area contributed by atoms with Crippen molar-refractivity contribution in [1.29, 1.82) is 0 Å². The molecule has 0 saturated carbocycles. The molecule has 0 amide bonds. The summed E-state index contributed by atoms with van der Waals surface area (Å²) in [6.45, 7) is 0. The van der Waals surface area contributed by atoms with Crippen molar-refractivity contribution in [3.8, 4) is 0 Å². The van der Waals surface area contributed by atoms with Crippen LogP contribution < -0.4 is 0 Å². The Hall–Kier alpha value is -4.54. The number of carboxylic acid groups (broad SMARTS) is 1. The van der Waals surface area contributed by atoms with E-state index in [9.17, 15) is 29.4 Å².